The molecule has 5 nitrogen and oxygen atoms in total. The quantitative estimate of drug-likeness (QED) is 0.856. The van der Waals surface area contributed by atoms with Gasteiger partial charge >= 0.3 is 5.97 Å². The SMILES string of the molecule is Cn1c(C(=O)NCCC(=O)O)cc2ccccc21. The van der Waals surface area contributed by atoms with Crippen molar-refractivity contribution in [1.29, 1.82) is 0 Å². The first-order chi connectivity index (χ1) is 8.59. The number of nitrogens with zero attached hydrogens (tertiary/aromatic N) is 1. The van der Waals surface area contributed by atoms with Crippen molar-refractivity contribution in [3.05, 3.63) is 36.0 Å². The number of hydrogen-bond acceptors (Lipinski definition) is 2. The highest BCUT2D eigenvalue weighted by molar-refractivity contribution is 5.98. The van der Waals surface area contributed by atoms with Crippen LogP contribution in [0, 0.1) is 0 Å². The van der Waals surface area contributed by atoms with Gasteiger partial charge in [0.05, 0.1) is 6.42 Å². The summed E-state index contributed by atoms with van der Waals surface area (Å²) in [5.41, 5.74) is 1.50. The van der Waals surface area contributed by atoms with Gasteiger partial charge in [0, 0.05) is 24.5 Å². The number of benzene rings is 1. The van der Waals surface area contributed by atoms with Crippen LogP contribution < -0.4 is 5.32 Å². The second-order valence-corrected chi connectivity index (χ2v) is 4.05. The number of aryl methyl sites for hydroxylation is 1. The molecule has 0 bridgehead atoms. The molecule has 2 N–H and O–H groups in total. The monoisotopic (exact) mass is 246 g/mol. The van der Waals surface area contributed by atoms with Crippen molar-refractivity contribution >= 4 is 22.8 Å². The Morgan fingerprint density at radius 1 is 1.33 bits per heavy atom. The highest BCUT2D eigenvalue weighted by atomic mass is 16.4. The second-order valence-electron chi connectivity index (χ2n) is 4.05. The number of aromatic nitrogens is 1. The molecular formula is C13H14N2O3. The number of rotatable bonds is 4. The Bertz CT molecular complexity index is 601. The predicted molar refractivity (Wildman–Crippen MR) is 67.5 cm³/mol. The largest absolute Gasteiger partial charge is 0.481 e. The van der Waals surface area contributed by atoms with Crippen LogP contribution in [-0.2, 0) is 11.8 Å². The average Bonchev–Trinajstić information content (AvgIpc) is 2.67. The van der Waals surface area contributed by atoms with E-state index < -0.39 is 5.97 Å². The summed E-state index contributed by atoms with van der Waals surface area (Å²) in [4.78, 5) is 22.3. The van der Waals surface area contributed by atoms with Gasteiger partial charge < -0.3 is 15.0 Å². The number of carbonyl (C=O) groups excluding carboxylic acids is 1. The molecule has 0 atom stereocenters. The molecular weight excluding hydrogens is 232 g/mol. The number of fused-ring (bicyclic) bond motifs is 1. The molecule has 2 aromatic rings. The number of para-hydroxylation sites is 1. The molecule has 1 amide bonds. The second kappa shape index (κ2) is 4.91. The van der Waals surface area contributed by atoms with Gasteiger partial charge in [-0.2, -0.15) is 0 Å². The van der Waals surface area contributed by atoms with Crippen LogP contribution >= 0.6 is 0 Å². The van der Waals surface area contributed by atoms with Crippen molar-refractivity contribution in [3.63, 3.8) is 0 Å². The van der Waals surface area contributed by atoms with E-state index in [1.807, 2.05) is 31.3 Å². The van der Waals surface area contributed by atoms with Gasteiger partial charge in [-0.25, -0.2) is 0 Å². The molecule has 2 rings (SSSR count). The van der Waals surface area contributed by atoms with Gasteiger partial charge in [0.25, 0.3) is 5.91 Å². The molecule has 0 aliphatic heterocycles. The number of hydrogen-bond donors (Lipinski definition) is 2. The summed E-state index contributed by atoms with van der Waals surface area (Å²) in [6, 6.07) is 9.49. The Morgan fingerprint density at radius 3 is 2.72 bits per heavy atom. The first kappa shape index (κ1) is 12.2. The van der Waals surface area contributed by atoms with Crippen LogP contribution in [0.25, 0.3) is 10.9 Å². The summed E-state index contributed by atoms with van der Waals surface area (Å²) in [6.07, 6.45) is -0.0737. The molecule has 0 spiro atoms. The van der Waals surface area contributed by atoms with E-state index in [9.17, 15) is 9.59 Å². The average molecular weight is 246 g/mol. The lowest BCUT2D eigenvalue weighted by molar-refractivity contribution is -0.136. The number of amides is 1. The van der Waals surface area contributed by atoms with E-state index in [2.05, 4.69) is 5.32 Å². The van der Waals surface area contributed by atoms with Gasteiger partial charge in [0.2, 0.25) is 0 Å². The summed E-state index contributed by atoms with van der Waals surface area (Å²) in [7, 11) is 1.81. The number of carbonyl (C=O) groups is 2. The van der Waals surface area contributed by atoms with Crippen molar-refractivity contribution in [3.8, 4) is 0 Å². The molecule has 1 heterocycles. The smallest absolute Gasteiger partial charge is 0.305 e. The van der Waals surface area contributed by atoms with Gasteiger partial charge in [-0.1, -0.05) is 18.2 Å². The standard InChI is InChI=1S/C13H14N2O3/c1-15-10-5-3-2-4-9(10)8-11(15)13(18)14-7-6-12(16)17/h2-5,8H,6-7H2,1H3,(H,14,18)(H,16,17). The molecule has 1 aromatic heterocycles. The van der Waals surface area contributed by atoms with Crippen LogP contribution in [0.5, 0.6) is 0 Å². The Morgan fingerprint density at radius 2 is 2.06 bits per heavy atom. The lowest BCUT2D eigenvalue weighted by Crippen LogP contribution is -2.27. The normalized spacial score (nSPS) is 10.5. The maximum absolute atomic E-state index is 11.9. The Kier molecular flexibility index (Phi) is 3.32. The summed E-state index contributed by atoms with van der Waals surface area (Å²) in [5, 5.41) is 12.1. The molecule has 1 aromatic carbocycles. The van der Waals surface area contributed by atoms with E-state index >= 15 is 0 Å². The molecule has 5 heteroatoms. The summed E-state index contributed by atoms with van der Waals surface area (Å²) >= 11 is 0. The van der Waals surface area contributed by atoms with Crippen LogP contribution in [0.15, 0.2) is 30.3 Å². The third-order valence-corrected chi connectivity index (χ3v) is 2.81. The Balaban J connectivity index is 2.17. The molecule has 0 aliphatic carbocycles. The predicted octanol–water partition coefficient (Wildman–Crippen LogP) is 1.38. The van der Waals surface area contributed by atoms with Gasteiger partial charge in [0.1, 0.15) is 5.69 Å². The highest BCUT2D eigenvalue weighted by Gasteiger charge is 2.12. The van der Waals surface area contributed by atoms with Crippen molar-refractivity contribution in [2.75, 3.05) is 6.54 Å². The minimum atomic E-state index is -0.924. The fourth-order valence-corrected chi connectivity index (χ4v) is 1.88. The van der Waals surface area contributed by atoms with Gasteiger partial charge in [0.15, 0.2) is 0 Å². The van der Waals surface area contributed by atoms with Crippen molar-refractivity contribution < 1.29 is 14.7 Å². The van der Waals surface area contributed by atoms with Crippen molar-refractivity contribution in [2.24, 2.45) is 7.05 Å². The van der Waals surface area contributed by atoms with E-state index in [-0.39, 0.29) is 18.9 Å². The first-order valence-electron chi connectivity index (χ1n) is 5.64. The molecule has 0 saturated carbocycles. The minimum Gasteiger partial charge on any atom is -0.481 e. The minimum absolute atomic E-state index is 0.0737. The zero-order valence-corrected chi connectivity index (χ0v) is 10.0. The molecule has 0 saturated heterocycles. The zero-order valence-electron chi connectivity index (χ0n) is 10.0. The lowest BCUT2D eigenvalue weighted by atomic mass is 10.2. The topological polar surface area (TPSA) is 71.3 Å². The van der Waals surface area contributed by atoms with Gasteiger partial charge in [-0.3, -0.25) is 9.59 Å². The molecule has 0 fully saturated rings. The Hall–Kier alpha value is -2.30. The zero-order chi connectivity index (χ0) is 13.1. The maximum atomic E-state index is 11.9. The van der Waals surface area contributed by atoms with Gasteiger partial charge in [-0.15, -0.1) is 0 Å². The molecule has 0 radical (unpaired) electrons. The lowest BCUT2D eigenvalue weighted by Gasteiger charge is -2.05. The molecule has 94 valence electrons. The maximum Gasteiger partial charge on any atom is 0.305 e. The molecule has 18 heavy (non-hydrogen) atoms. The van der Waals surface area contributed by atoms with E-state index in [1.165, 1.54) is 0 Å². The highest BCUT2D eigenvalue weighted by Crippen LogP contribution is 2.17. The number of nitrogens with one attached hydrogen (secondary N) is 1. The van der Waals surface area contributed by atoms with Gasteiger partial charge in [-0.05, 0) is 12.1 Å². The first-order valence-corrected chi connectivity index (χ1v) is 5.64. The van der Waals surface area contributed by atoms with Crippen molar-refractivity contribution in [2.45, 2.75) is 6.42 Å². The third kappa shape index (κ3) is 2.34. The number of aliphatic carboxylic acids is 1. The fourth-order valence-electron chi connectivity index (χ4n) is 1.88. The van der Waals surface area contributed by atoms with Crippen LogP contribution in [0.3, 0.4) is 0 Å². The Labute approximate surface area is 104 Å². The molecule has 0 aliphatic rings. The molecule has 0 unspecified atom stereocenters. The van der Waals surface area contributed by atoms with Crippen LogP contribution in [0.4, 0.5) is 0 Å². The number of carboxylic acid groups (broad SMARTS) is 1. The van der Waals surface area contributed by atoms with E-state index in [1.54, 1.807) is 10.6 Å². The van der Waals surface area contributed by atoms with Crippen molar-refractivity contribution in [1.82, 2.24) is 9.88 Å². The number of carboxylic acids is 1. The van der Waals surface area contributed by atoms with E-state index in [0.29, 0.717) is 5.69 Å². The fraction of sp³-hybridized carbons (Fsp3) is 0.231. The van der Waals surface area contributed by atoms with Crippen LogP contribution in [-0.4, -0.2) is 28.1 Å². The summed E-state index contributed by atoms with van der Waals surface area (Å²) < 4.78 is 1.80. The third-order valence-electron chi connectivity index (χ3n) is 2.81. The summed E-state index contributed by atoms with van der Waals surface area (Å²) in [6.45, 7) is 0.135. The van der Waals surface area contributed by atoms with Crippen LogP contribution in [0.2, 0.25) is 0 Å². The van der Waals surface area contributed by atoms with E-state index in [4.69, 9.17) is 5.11 Å². The van der Waals surface area contributed by atoms with Crippen LogP contribution in [0.1, 0.15) is 16.9 Å². The summed E-state index contributed by atoms with van der Waals surface area (Å²) in [5.74, 6) is -1.18. The van der Waals surface area contributed by atoms with E-state index in [0.717, 1.165) is 10.9 Å².